The monoisotopic (exact) mass is 390 g/mol. The summed E-state index contributed by atoms with van der Waals surface area (Å²) >= 11 is 0. The van der Waals surface area contributed by atoms with E-state index >= 15 is 0 Å². The summed E-state index contributed by atoms with van der Waals surface area (Å²) in [5.41, 5.74) is 0.642. The molecular weight excluding hydrogens is 366 g/mol. The van der Waals surface area contributed by atoms with Gasteiger partial charge in [0, 0.05) is 17.3 Å². The zero-order valence-corrected chi connectivity index (χ0v) is 15.7. The molecule has 2 aromatic rings. The summed E-state index contributed by atoms with van der Waals surface area (Å²) in [5.74, 6) is -0.462. The maximum atomic E-state index is 13.7. The van der Waals surface area contributed by atoms with Crippen LogP contribution in [0.15, 0.2) is 42.5 Å². The fourth-order valence-corrected chi connectivity index (χ4v) is 3.27. The van der Waals surface area contributed by atoms with Crippen LogP contribution in [-0.4, -0.2) is 25.3 Å². The normalized spacial score (nSPS) is 19.1. The third kappa shape index (κ3) is 5.42. The van der Waals surface area contributed by atoms with Crippen LogP contribution in [0.3, 0.4) is 0 Å². The molecule has 0 saturated heterocycles. The van der Waals surface area contributed by atoms with Gasteiger partial charge < -0.3 is 20.1 Å². The predicted molar refractivity (Wildman–Crippen MR) is 102 cm³/mol. The Kier molecular flexibility index (Phi) is 6.81. The summed E-state index contributed by atoms with van der Waals surface area (Å²) in [6.07, 6.45) is 2.88. The van der Waals surface area contributed by atoms with Crippen LogP contribution in [0.5, 0.6) is 5.75 Å². The van der Waals surface area contributed by atoms with E-state index in [9.17, 15) is 13.6 Å². The fraction of sp³-hybridized carbons (Fsp3) is 0.381. The van der Waals surface area contributed by atoms with Crippen molar-refractivity contribution in [3.05, 3.63) is 59.7 Å². The molecule has 0 spiro atoms. The highest BCUT2D eigenvalue weighted by Crippen LogP contribution is 2.24. The number of ether oxygens (including phenoxy) is 2. The van der Waals surface area contributed by atoms with Gasteiger partial charge in [0.2, 0.25) is 0 Å². The molecule has 0 bridgehead atoms. The molecule has 1 aliphatic rings. The highest BCUT2D eigenvalue weighted by Gasteiger charge is 2.23. The Labute approximate surface area is 163 Å². The second-order valence-corrected chi connectivity index (χ2v) is 6.81. The number of carbonyl (C=O) groups is 1. The Morgan fingerprint density at radius 1 is 1.04 bits per heavy atom. The number of carbonyl (C=O) groups excluding carboxylic acids is 1. The molecule has 0 aromatic heterocycles. The molecule has 7 heteroatoms. The van der Waals surface area contributed by atoms with Crippen molar-refractivity contribution in [2.24, 2.45) is 0 Å². The Balaban J connectivity index is 1.40. The minimum absolute atomic E-state index is 0.0402. The van der Waals surface area contributed by atoms with Crippen LogP contribution in [0.4, 0.5) is 19.3 Å². The van der Waals surface area contributed by atoms with E-state index in [1.165, 1.54) is 18.2 Å². The van der Waals surface area contributed by atoms with E-state index in [4.69, 9.17) is 9.47 Å². The van der Waals surface area contributed by atoms with Crippen LogP contribution >= 0.6 is 0 Å². The van der Waals surface area contributed by atoms with Crippen molar-refractivity contribution >= 4 is 11.7 Å². The van der Waals surface area contributed by atoms with Crippen LogP contribution in [0.1, 0.15) is 31.2 Å². The Morgan fingerprint density at radius 2 is 1.68 bits per heavy atom. The van der Waals surface area contributed by atoms with Gasteiger partial charge in [0.15, 0.2) is 0 Å². The molecule has 2 N–H and O–H groups in total. The smallest absolute Gasteiger partial charge is 0.319 e. The second-order valence-electron chi connectivity index (χ2n) is 6.81. The van der Waals surface area contributed by atoms with Crippen molar-refractivity contribution in [2.45, 2.75) is 44.4 Å². The largest absolute Gasteiger partial charge is 0.497 e. The number of hydrogen-bond donors (Lipinski definition) is 2. The summed E-state index contributed by atoms with van der Waals surface area (Å²) in [4.78, 5) is 12.1. The minimum atomic E-state index is -0.592. The highest BCUT2D eigenvalue weighted by molar-refractivity contribution is 5.89. The number of urea groups is 1. The fourth-order valence-electron chi connectivity index (χ4n) is 3.27. The molecule has 0 atom stereocenters. The predicted octanol–water partition coefficient (Wildman–Crippen LogP) is 4.62. The SMILES string of the molecule is COc1ccc(NC(=O)NC2CCC(OCc3c(F)cccc3F)CC2)cc1. The molecule has 150 valence electrons. The number of hydrogen-bond acceptors (Lipinski definition) is 3. The first-order chi connectivity index (χ1) is 13.5. The molecule has 2 amide bonds. The summed E-state index contributed by atoms with van der Waals surface area (Å²) in [6.45, 7) is -0.0841. The van der Waals surface area contributed by atoms with Gasteiger partial charge in [-0.25, -0.2) is 13.6 Å². The minimum Gasteiger partial charge on any atom is -0.497 e. The first-order valence-corrected chi connectivity index (χ1v) is 9.31. The number of rotatable bonds is 6. The van der Waals surface area contributed by atoms with Gasteiger partial charge in [0.25, 0.3) is 0 Å². The van der Waals surface area contributed by atoms with Gasteiger partial charge in [-0.05, 0) is 62.1 Å². The molecular formula is C21H24F2N2O3. The van der Waals surface area contributed by atoms with Crippen molar-refractivity contribution < 1.29 is 23.0 Å². The van der Waals surface area contributed by atoms with Gasteiger partial charge in [-0.3, -0.25) is 0 Å². The van der Waals surface area contributed by atoms with Crippen molar-refractivity contribution in [1.82, 2.24) is 5.32 Å². The molecule has 2 aromatic carbocycles. The average molecular weight is 390 g/mol. The van der Waals surface area contributed by atoms with E-state index < -0.39 is 11.6 Å². The standard InChI is InChI=1S/C21H24F2N2O3/c1-27-16-9-5-14(6-10-16)24-21(26)25-15-7-11-17(12-8-15)28-13-18-19(22)3-2-4-20(18)23/h2-6,9-10,15,17H,7-8,11-13H2,1H3,(H2,24,25,26). The van der Waals surface area contributed by atoms with Crippen LogP contribution in [0, 0.1) is 11.6 Å². The molecule has 1 aliphatic carbocycles. The van der Waals surface area contributed by atoms with Gasteiger partial charge in [0.1, 0.15) is 17.4 Å². The van der Waals surface area contributed by atoms with E-state index in [1.54, 1.807) is 31.4 Å². The summed E-state index contributed by atoms with van der Waals surface area (Å²) < 4.78 is 38.1. The molecule has 1 saturated carbocycles. The number of methoxy groups -OCH3 is 1. The maximum Gasteiger partial charge on any atom is 0.319 e. The zero-order chi connectivity index (χ0) is 19.9. The molecule has 1 fully saturated rings. The van der Waals surface area contributed by atoms with Gasteiger partial charge >= 0.3 is 6.03 Å². The van der Waals surface area contributed by atoms with Crippen LogP contribution in [-0.2, 0) is 11.3 Å². The molecule has 28 heavy (non-hydrogen) atoms. The summed E-state index contributed by atoms with van der Waals surface area (Å²) in [7, 11) is 1.59. The number of halogens is 2. The lowest BCUT2D eigenvalue weighted by Crippen LogP contribution is -2.41. The van der Waals surface area contributed by atoms with Crippen molar-refractivity contribution in [3.8, 4) is 5.75 Å². The van der Waals surface area contributed by atoms with Gasteiger partial charge in [-0.2, -0.15) is 0 Å². The first kappa shape index (κ1) is 20.1. The number of nitrogens with one attached hydrogen (secondary N) is 2. The molecule has 0 unspecified atom stereocenters. The Bertz CT molecular complexity index is 770. The lowest BCUT2D eigenvalue weighted by atomic mass is 9.93. The Morgan fingerprint density at radius 3 is 2.29 bits per heavy atom. The topological polar surface area (TPSA) is 59.6 Å². The van der Waals surface area contributed by atoms with Crippen molar-refractivity contribution in [3.63, 3.8) is 0 Å². The third-order valence-corrected chi connectivity index (χ3v) is 4.88. The van der Waals surface area contributed by atoms with E-state index in [2.05, 4.69) is 10.6 Å². The number of amides is 2. The van der Waals surface area contributed by atoms with Crippen molar-refractivity contribution in [1.29, 1.82) is 0 Å². The molecule has 5 nitrogen and oxygen atoms in total. The van der Waals surface area contributed by atoms with E-state index in [-0.39, 0.29) is 30.3 Å². The second kappa shape index (κ2) is 9.50. The summed E-state index contributed by atoms with van der Waals surface area (Å²) in [6, 6.07) is 10.7. The third-order valence-electron chi connectivity index (χ3n) is 4.88. The molecule has 0 radical (unpaired) electrons. The lowest BCUT2D eigenvalue weighted by Gasteiger charge is -2.29. The lowest BCUT2D eigenvalue weighted by molar-refractivity contribution is 0.00964. The molecule has 0 heterocycles. The number of benzene rings is 2. The van der Waals surface area contributed by atoms with Gasteiger partial charge in [-0.1, -0.05) is 6.07 Å². The van der Waals surface area contributed by atoms with E-state index in [0.29, 0.717) is 5.69 Å². The average Bonchev–Trinajstić information content (AvgIpc) is 2.69. The Hall–Kier alpha value is -2.67. The quantitative estimate of drug-likeness (QED) is 0.757. The molecule has 0 aliphatic heterocycles. The van der Waals surface area contributed by atoms with Gasteiger partial charge in [-0.15, -0.1) is 0 Å². The van der Waals surface area contributed by atoms with E-state index in [1.807, 2.05) is 0 Å². The number of anilines is 1. The first-order valence-electron chi connectivity index (χ1n) is 9.31. The molecule has 3 rings (SSSR count). The van der Waals surface area contributed by atoms with Crippen molar-refractivity contribution in [2.75, 3.05) is 12.4 Å². The van der Waals surface area contributed by atoms with Crippen LogP contribution in [0.25, 0.3) is 0 Å². The van der Waals surface area contributed by atoms with Crippen LogP contribution in [0.2, 0.25) is 0 Å². The van der Waals surface area contributed by atoms with Crippen LogP contribution < -0.4 is 15.4 Å². The zero-order valence-electron chi connectivity index (χ0n) is 15.7. The van der Waals surface area contributed by atoms with E-state index in [0.717, 1.165) is 31.4 Å². The maximum absolute atomic E-state index is 13.7. The van der Waals surface area contributed by atoms with Gasteiger partial charge in [0.05, 0.1) is 19.8 Å². The highest BCUT2D eigenvalue weighted by atomic mass is 19.1. The summed E-state index contributed by atoms with van der Waals surface area (Å²) in [5, 5.41) is 5.74.